The Morgan fingerprint density at radius 1 is 1.16 bits per heavy atom. The Hall–Kier alpha value is -0.820. The molecule has 0 bridgehead atoms. The lowest BCUT2D eigenvalue weighted by Crippen LogP contribution is -2.17. The van der Waals surface area contributed by atoms with Gasteiger partial charge in [-0.1, -0.05) is 70.7 Å². The van der Waals surface area contributed by atoms with E-state index < -0.39 is 0 Å². The molecule has 106 valence electrons. The summed E-state index contributed by atoms with van der Waals surface area (Å²) < 4.78 is 0. The third-order valence-corrected chi connectivity index (χ3v) is 5.07. The van der Waals surface area contributed by atoms with E-state index in [1.807, 2.05) is 0 Å². The van der Waals surface area contributed by atoms with Crippen LogP contribution in [0.2, 0.25) is 0 Å². The molecular weight excluding hydrogens is 230 g/mol. The Bertz CT molecular complexity index is 385. The van der Waals surface area contributed by atoms with Crippen molar-refractivity contribution in [1.82, 2.24) is 0 Å². The molecule has 19 heavy (non-hydrogen) atoms. The first-order valence-electron chi connectivity index (χ1n) is 7.89. The highest BCUT2D eigenvalue weighted by Crippen LogP contribution is 2.33. The van der Waals surface area contributed by atoms with Crippen LogP contribution >= 0.6 is 0 Å². The summed E-state index contributed by atoms with van der Waals surface area (Å²) in [5.41, 5.74) is 9.37. The van der Waals surface area contributed by atoms with Gasteiger partial charge in [0.2, 0.25) is 0 Å². The fraction of sp³-hybridized carbons (Fsp3) is 0.667. The Morgan fingerprint density at radius 2 is 1.74 bits per heavy atom. The predicted molar refractivity (Wildman–Crippen MR) is 83.3 cm³/mol. The minimum absolute atomic E-state index is 0.224. The van der Waals surface area contributed by atoms with Gasteiger partial charge in [-0.3, -0.25) is 0 Å². The maximum atomic E-state index is 6.37. The van der Waals surface area contributed by atoms with E-state index in [2.05, 4.69) is 45.0 Å². The van der Waals surface area contributed by atoms with Crippen molar-refractivity contribution < 1.29 is 0 Å². The zero-order valence-corrected chi connectivity index (χ0v) is 12.8. The topological polar surface area (TPSA) is 26.0 Å². The summed E-state index contributed by atoms with van der Waals surface area (Å²) in [6, 6.07) is 9.25. The highest BCUT2D eigenvalue weighted by molar-refractivity contribution is 5.29. The van der Waals surface area contributed by atoms with E-state index in [1.165, 1.54) is 43.2 Å². The van der Waals surface area contributed by atoms with Gasteiger partial charge in [0, 0.05) is 6.04 Å². The molecule has 0 spiro atoms. The zero-order valence-electron chi connectivity index (χ0n) is 12.8. The van der Waals surface area contributed by atoms with Crippen molar-refractivity contribution in [3.8, 4) is 0 Å². The number of rotatable bonds is 5. The molecule has 1 aromatic carbocycles. The first-order valence-corrected chi connectivity index (χ1v) is 7.89. The molecule has 0 aromatic heterocycles. The Morgan fingerprint density at radius 3 is 2.26 bits per heavy atom. The van der Waals surface area contributed by atoms with Gasteiger partial charge >= 0.3 is 0 Å². The van der Waals surface area contributed by atoms with E-state index in [9.17, 15) is 0 Å². The fourth-order valence-electron chi connectivity index (χ4n) is 3.13. The fourth-order valence-corrected chi connectivity index (χ4v) is 3.13. The summed E-state index contributed by atoms with van der Waals surface area (Å²) >= 11 is 0. The van der Waals surface area contributed by atoms with Crippen molar-refractivity contribution in [1.29, 1.82) is 0 Å². The molecule has 2 rings (SSSR count). The van der Waals surface area contributed by atoms with Gasteiger partial charge in [0.1, 0.15) is 0 Å². The average Bonchev–Trinajstić information content (AvgIpc) is 2.91. The lowest BCUT2D eigenvalue weighted by Gasteiger charge is -2.24. The van der Waals surface area contributed by atoms with Crippen molar-refractivity contribution in [3.63, 3.8) is 0 Å². The normalized spacial score (nSPS) is 18.7. The maximum Gasteiger partial charge on any atom is 0.0297 e. The molecule has 1 unspecified atom stereocenters. The van der Waals surface area contributed by atoms with E-state index in [0.29, 0.717) is 0 Å². The predicted octanol–water partition coefficient (Wildman–Crippen LogP) is 4.95. The van der Waals surface area contributed by atoms with Crippen LogP contribution in [0.1, 0.15) is 76.5 Å². The van der Waals surface area contributed by atoms with Crippen molar-refractivity contribution in [2.45, 2.75) is 70.8 Å². The minimum Gasteiger partial charge on any atom is -0.324 e. The molecule has 1 aliphatic rings. The average molecular weight is 259 g/mol. The van der Waals surface area contributed by atoms with E-state index in [-0.39, 0.29) is 11.5 Å². The molecular formula is C18H29N. The summed E-state index contributed by atoms with van der Waals surface area (Å²) in [5, 5.41) is 0. The molecule has 1 nitrogen and oxygen atoms in total. The highest BCUT2D eigenvalue weighted by Gasteiger charge is 2.20. The molecule has 1 fully saturated rings. The van der Waals surface area contributed by atoms with Crippen LogP contribution in [0.3, 0.4) is 0 Å². The lowest BCUT2D eigenvalue weighted by molar-refractivity contribution is 0.450. The Kier molecular flexibility index (Phi) is 4.67. The Balaban J connectivity index is 2.01. The quantitative estimate of drug-likeness (QED) is 0.795. The van der Waals surface area contributed by atoms with Gasteiger partial charge in [0.25, 0.3) is 0 Å². The van der Waals surface area contributed by atoms with Crippen LogP contribution in [-0.4, -0.2) is 0 Å². The van der Waals surface area contributed by atoms with Crippen LogP contribution in [-0.2, 0) is 5.41 Å². The van der Waals surface area contributed by atoms with Crippen LogP contribution < -0.4 is 5.73 Å². The first-order chi connectivity index (χ1) is 9.03. The van der Waals surface area contributed by atoms with Crippen molar-refractivity contribution in [2.24, 2.45) is 11.7 Å². The summed E-state index contributed by atoms with van der Waals surface area (Å²) in [7, 11) is 0. The molecule has 0 radical (unpaired) electrons. The van der Waals surface area contributed by atoms with Crippen LogP contribution in [0, 0.1) is 5.92 Å². The molecule has 0 saturated heterocycles. The standard InChI is InChI=1S/C18H29N/c1-4-18(2,3)16-11-9-15(10-12-16)17(19)13-14-7-5-6-8-14/h9-12,14,17H,4-8,13,19H2,1-3H3. The van der Waals surface area contributed by atoms with Crippen molar-refractivity contribution in [2.75, 3.05) is 0 Å². The van der Waals surface area contributed by atoms with E-state index in [4.69, 9.17) is 5.73 Å². The van der Waals surface area contributed by atoms with Gasteiger partial charge in [0.05, 0.1) is 0 Å². The molecule has 1 aliphatic carbocycles. The number of nitrogens with two attached hydrogens (primary N) is 1. The number of benzene rings is 1. The number of hydrogen-bond acceptors (Lipinski definition) is 1. The molecule has 1 aromatic rings. The van der Waals surface area contributed by atoms with E-state index in [0.717, 1.165) is 12.3 Å². The summed E-state index contributed by atoms with van der Waals surface area (Å²) in [6.45, 7) is 6.86. The summed E-state index contributed by atoms with van der Waals surface area (Å²) in [4.78, 5) is 0. The van der Waals surface area contributed by atoms with E-state index in [1.54, 1.807) is 0 Å². The molecule has 1 heteroatoms. The van der Waals surface area contributed by atoms with Gasteiger partial charge in [-0.05, 0) is 35.3 Å². The molecule has 1 saturated carbocycles. The second-order valence-electron chi connectivity index (χ2n) is 6.85. The first kappa shape index (κ1) is 14.6. The van der Waals surface area contributed by atoms with Gasteiger partial charge in [0.15, 0.2) is 0 Å². The van der Waals surface area contributed by atoms with Crippen LogP contribution in [0.5, 0.6) is 0 Å². The number of hydrogen-bond donors (Lipinski definition) is 1. The molecule has 0 heterocycles. The second-order valence-corrected chi connectivity index (χ2v) is 6.85. The lowest BCUT2D eigenvalue weighted by atomic mass is 9.81. The van der Waals surface area contributed by atoms with Gasteiger partial charge in [-0.25, -0.2) is 0 Å². The van der Waals surface area contributed by atoms with Crippen molar-refractivity contribution in [3.05, 3.63) is 35.4 Å². The zero-order chi connectivity index (χ0) is 13.9. The van der Waals surface area contributed by atoms with E-state index >= 15 is 0 Å². The third kappa shape index (κ3) is 3.60. The van der Waals surface area contributed by atoms with Gasteiger partial charge in [-0.2, -0.15) is 0 Å². The smallest absolute Gasteiger partial charge is 0.0297 e. The maximum absolute atomic E-state index is 6.37. The SMILES string of the molecule is CCC(C)(C)c1ccc(C(N)CC2CCCC2)cc1. The molecule has 0 amide bonds. The van der Waals surface area contributed by atoms with Crippen LogP contribution in [0.25, 0.3) is 0 Å². The van der Waals surface area contributed by atoms with Crippen LogP contribution in [0.4, 0.5) is 0 Å². The molecule has 2 N–H and O–H groups in total. The third-order valence-electron chi connectivity index (χ3n) is 5.07. The second kappa shape index (κ2) is 6.09. The monoisotopic (exact) mass is 259 g/mol. The minimum atomic E-state index is 0.224. The van der Waals surface area contributed by atoms with Crippen LogP contribution in [0.15, 0.2) is 24.3 Å². The van der Waals surface area contributed by atoms with Crippen molar-refractivity contribution >= 4 is 0 Å². The van der Waals surface area contributed by atoms with Gasteiger partial charge in [-0.15, -0.1) is 0 Å². The molecule has 0 aliphatic heterocycles. The summed E-state index contributed by atoms with van der Waals surface area (Å²) in [5.74, 6) is 0.863. The Labute approximate surface area is 118 Å². The highest BCUT2D eigenvalue weighted by atomic mass is 14.6. The summed E-state index contributed by atoms with van der Waals surface area (Å²) in [6.07, 6.45) is 7.91. The largest absolute Gasteiger partial charge is 0.324 e. The molecule has 1 atom stereocenters. The van der Waals surface area contributed by atoms with Gasteiger partial charge < -0.3 is 5.73 Å².